The Kier molecular flexibility index (Phi) is 3.99. The average Bonchev–Trinajstić information content (AvgIpc) is 2.56. The van der Waals surface area contributed by atoms with E-state index in [2.05, 4.69) is 23.5 Å². The molecule has 1 N–H and O–H groups in total. The molecule has 0 aliphatic heterocycles. The standard InChI is InChI=1S/C13H23N3/c1-3-14-13-7-5-4-6-11(8-13)12-9-15-16(2)10-12/h9-11,13-14H,3-8H2,1-2H3. The zero-order valence-corrected chi connectivity index (χ0v) is 10.4. The molecular formula is C13H23N3. The molecule has 0 radical (unpaired) electrons. The lowest BCUT2D eigenvalue weighted by Gasteiger charge is -2.19. The van der Waals surface area contributed by atoms with Gasteiger partial charge in [-0.25, -0.2) is 0 Å². The van der Waals surface area contributed by atoms with Crippen molar-refractivity contribution in [2.45, 2.75) is 51.0 Å². The highest BCUT2D eigenvalue weighted by molar-refractivity contribution is 5.12. The number of nitrogens with zero attached hydrogens (tertiary/aromatic N) is 2. The van der Waals surface area contributed by atoms with Gasteiger partial charge in [-0.3, -0.25) is 4.68 Å². The zero-order valence-electron chi connectivity index (χ0n) is 10.4. The Hall–Kier alpha value is -0.830. The Bertz CT molecular complexity index is 319. The predicted octanol–water partition coefficient (Wildman–Crippen LogP) is 2.45. The van der Waals surface area contributed by atoms with Crippen LogP contribution in [0.3, 0.4) is 0 Å². The van der Waals surface area contributed by atoms with Gasteiger partial charge >= 0.3 is 0 Å². The molecule has 0 bridgehead atoms. The molecule has 2 unspecified atom stereocenters. The van der Waals surface area contributed by atoms with Gasteiger partial charge in [0.1, 0.15) is 0 Å². The zero-order chi connectivity index (χ0) is 11.4. The van der Waals surface area contributed by atoms with Gasteiger partial charge in [-0.1, -0.05) is 19.8 Å². The van der Waals surface area contributed by atoms with E-state index >= 15 is 0 Å². The van der Waals surface area contributed by atoms with Gasteiger partial charge in [0.15, 0.2) is 0 Å². The lowest BCUT2D eigenvalue weighted by Crippen LogP contribution is -2.29. The smallest absolute Gasteiger partial charge is 0.0524 e. The van der Waals surface area contributed by atoms with E-state index < -0.39 is 0 Å². The van der Waals surface area contributed by atoms with Crippen LogP contribution in [0.1, 0.15) is 50.5 Å². The van der Waals surface area contributed by atoms with Gasteiger partial charge < -0.3 is 5.32 Å². The van der Waals surface area contributed by atoms with Crippen molar-refractivity contribution in [1.29, 1.82) is 0 Å². The van der Waals surface area contributed by atoms with Crippen molar-refractivity contribution in [1.82, 2.24) is 15.1 Å². The van der Waals surface area contributed by atoms with E-state index in [1.807, 2.05) is 17.9 Å². The summed E-state index contributed by atoms with van der Waals surface area (Å²) in [6, 6.07) is 0.706. The molecule has 1 saturated carbocycles. The van der Waals surface area contributed by atoms with E-state index in [1.165, 1.54) is 37.7 Å². The summed E-state index contributed by atoms with van der Waals surface area (Å²) in [6.07, 6.45) is 10.9. The van der Waals surface area contributed by atoms with E-state index in [1.54, 1.807) is 0 Å². The molecule has 0 amide bonds. The first-order valence-corrected chi connectivity index (χ1v) is 6.51. The van der Waals surface area contributed by atoms with Crippen LogP contribution in [0.15, 0.2) is 12.4 Å². The molecule has 90 valence electrons. The molecule has 3 heteroatoms. The Morgan fingerprint density at radius 3 is 2.94 bits per heavy atom. The van der Waals surface area contributed by atoms with E-state index in [4.69, 9.17) is 0 Å². The van der Waals surface area contributed by atoms with E-state index in [9.17, 15) is 0 Å². The van der Waals surface area contributed by atoms with Gasteiger partial charge in [-0.2, -0.15) is 5.10 Å². The average molecular weight is 221 g/mol. The molecule has 0 saturated heterocycles. The monoisotopic (exact) mass is 221 g/mol. The van der Waals surface area contributed by atoms with Gasteiger partial charge in [-0.15, -0.1) is 0 Å². The fourth-order valence-corrected chi connectivity index (χ4v) is 2.79. The summed E-state index contributed by atoms with van der Waals surface area (Å²) in [5.74, 6) is 0.709. The minimum absolute atomic E-state index is 0.706. The molecule has 1 aliphatic carbocycles. The molecule has 1 aromatic rings. The van der Waals surface area contributed by atoms with E-state index in [0.29, 0.717) is 12.0 Å². The van der Waals surface area contributed by atoms with Crippen LogP contribution < -0.4 is 5.32 Å². The van der Waals surface area contributed by atoms with Gasteiger partial charge in [0.25, 0.3) is 0 Å². The van der Waals surface area contributed by atoms with Crippen molar-refractivity contribution in [3.63, 3.8) is 0 Å². The largest absolute Gasteiger partial charge is 0.314 e. The fourth-order valence-electron chi connectivity index (χ4n) is 2.79. The molecule has 1 fully saturated rings. The van der Waals surface area contributed by atoms with Crippen LogP contribution in [0, 0.1) is 0 Å². The molecular weight excluding hydrogens is 198 g/mol. The number of hydrogen-bond donors (Lipinski definition) is 1. The first kappa shape index (κ1) is 11.6. The molecule has 1 aliphatic rings. The van der Waals surface area contributed by atoms with Gasteiger partial charge in [0.2, 0.25) is 0 Å². The highest BCUT2D eigenvalue weighted by Gasteiger charge is 2.21. The maximum absolute atomic E-state index is 4.29. The number of aryl methyl sites for hydroxylation is 1. The minimum atomic E-state index is 0.706. The molecule has 3 nitrogen and oxygen atoms in total. The topological polar surface area (TPSA) is 29.9 Å². The first-order chi connectivity index (χ1) is 7.79. The number of aromatic nitrogens is 2. The summed E-state index contributed by atoms with van der Waals surface area (Å²) in [5.41, 5.74) is 1.42. The van der Waals surface area contributed by atoms with Crippen molar-refractivity contribution in [2.75, 3.05) is 6.54 Å². The van der Waals surface area contributed by atoms with Crippen molar-refractivity contribution < 1.29 is 0 Å². The van der Waals surface area contributed by atoms with Crippen LogP contribution >= 0.6 is 0 Å². The second-order valence-electron chi connectivity index (χ2n) is 4.92. The molecule has 0 aromatic carbocycles. The summed E-state index contributed by atoms with van der Waals surface area (Å²) < 4.78 is 1.92. The van der Waals surface area contributed by atoms with Gasteiger partial charge in [-0.05, 0) is 37.3 Å². The maximum Gasteiger partial charge on any atom is 0.0524 e. The third kappa shape index (κ3) is 2.85. The predicted molar refractivity (Wildman–Crippen MR) is 66.5 cm³/mol. The van der Waals surface area contributed by atoms with Crippen molar-refractivity contribution in [2.24, 2.45) is 7.05 Å². The second kappa shape index (κ2) is 5.48. The van der Waals surface area contributed by atoms with Crippen LogP contribution in [-0.2, 0) is 7.05 Å². The summed E-state index contributed by atoms with van der Waals surface area (Å²) in [6.45, 7) is 3.29. The third-order valence-corrected chi connectivity index (χ3v) is 3.61. The second-order valence-corrected chi connectivity index (χ2v) is 4.92. The van der Waals surface area contributed by atoms with Crippen LogP contribution in [0.5, 0.6) is 0 Å². The van der Waals surface area contributed by atoms with Gasteiger partial charge in [0.05, 0.1) is 6.20 Å². The lowest BCUT2D eigenvalue weighted by atomic mass is 9.92. The van der Waals surface area contributed by atoms with Crippen LogP contribution in [0.4, 0.5) is 0 Å². The van der Waals surface area contributed by atoms with Crippen molar-refractivity contribution >= 4 is 0 Å². The van der Waals surface area contributed by atoms with E-state index in [0.717, 1.165) is 6.54 Å². The fraction of sp³-hybridized carbons (Fsp3) is 0.769. The third-order valence-electron chi connectivity index (χ3n) is 3.61. The number of rotatable bonds is 3. The summed E-state index contributed by atoms with van der Waals surface area (Å²) >= 11 is 0. The number of nitrogens with one attached hydrogen (secondary N) is 1. The SMILES string of the molecule is CCNC1CCCCC(c2cnn(C)c2)C1. The quantitative estimate of drug-likeness (QED) is 0.795. The Morgan fingerprint density at radius 1 is 1.44 bits per heavy atom. The van der Waals surface area contributed by atoms with E-state index in [-0.39, 0.29) is 0 Å². The van der Waals surface area contributed by atoms with Crippen molar-refractivity contribution in [3.05, 3.63) is 18.0 Å². The molecule has 1 heterocycles. The van der Waals surface area contributed by atoms with Crippen LogP contribution in [0.2, 0.25) is 0 Å². The molecule has 16 heavy (non-hydrogen) atoms. The van der Waals surface area contributed by atoms with Gasteiger partial charge in [0, 0.05) is 19.3 Å². The van der Waals surface area contributed by atoms with Crippen molar-refractivity contribution in [3.8, 4) is 0 Å². The summed E-state index contributed by atoms with van der Waals surface area (Å²) in [4.78, 5) is 0. The van der Waals surface area contributed by atoms with Crippen LogP contribution in [0.25, 0.3) is 0 Å². The Balaban J connectivity index is 2.02. The Morgan fingerprint density at radius 2 is 2.25 bits per heavy atom. The molecule has 2 atom stereocenters. The molecule has 0 spiro atoms. The van der Waals surface area contributed by atoms with Crippen LogP contribution in [-0.4, -0.2) is 22.4 Å². The highest BCUT2D eigenvalue weighted by atomic mass is 15.2. The maximum atomic E-state index is 4.29. The first-order valence-electron chi connectivity index (χ1n) is 6.51. The molecule has 2 rings (SSSR count). The minimum Gasteiger partial charge on any atom is -0.314 e. The summed E-state index contributed by atoms with van der Waals surface area (Å²) in [7, 11) is 2.00. The lowest BCUT2D eigenvalue weighted by molar-refractivity contribution is 0.449. The normalized spacial score (nSPS) is 26.6. The highest BCUT2D eigenvalue weighted by Crippen LogP contribution is 2.31. The molecule has 1 aromatic heterocycles. The Labute approximate surface area is 98.2 Å². The number of hydrogen-bond acceptors (Lipinski definition) is 2. The summed E-state index contributed by atoms with van der Waals surface area (Å²) in [5, 5.41) is 7.89.